The Morgan fingerprint density at radius 1 is 0.875 bits per heavy atom. The second-order valence-corrected chi connectivity index (χ2v) is 5.69. The van der Waals surface area contributed by atoms with Gasteiger partial charge >= 0.3 is 0 Å². The Morgan fingerprint density at radius 2 is 1.44 bits per heavy atom. The summed E-state index contributed by atoms with van der Waals surface area (Å²) in [5, 5.41) is 0. The van der Waals surface area contributed by atoms with Gasteiger partial charge in [0.15, 0.2) is 0 Å². The van der Waals surface area contributed by atoms with Crippen LogP contribution in [0.15, 0.2) is 0 Å². The lowest BCUT2D eigenvalue weighted by molar-refractivity contribution is 0.0835. The van der Waals surface area contributed by atoms with Crippen molar-refractivity contribution in [3.05, 3.63) is 0 Å². The first-order valence-electron chi connectivity index (χ1n) is 7.32. The predicted molar refractivity (Wildman–Crippen MR) is 69.5 cm³/mol. The monoisotopic (exact) mass is 224 g/mol. The molecule has 94 valence electrons. The zero-order chi connectivity index (χ0) is 11.4. The normalized spacial score (nSPS) is 33.2. The van der Waals surface area contributed by atoms with Gasteiger partial charge < -0.3 is 5.73 Å². The van der Waals surface area contributed by atoms with Crippen LogP contribution < -0.4 is 5.73 Å². The SMILES string of the molecule is CCN(C1CCCCC1)C1CCC(N)CC1. The number of nitrogens with zero attached hydrogens (tertiary/aromatic N) is 1. The molecular formula is C14H28N2. The third kappa shape index (κ3) is 2.98. The summed E-state index contributed by atoms with van der Waals surface area (Å²) in [7, 11) is 0. The highest BCUT2D eigenvalue weighted by Gasteiger charge is 2.28. The molecule has 2 saturated carbocycles. The van der Waals surface area contributed by atoms with E-state index in [0.717, 1.165) is 12.1 Å². The van der Waals surface area contributed by atoms with Crippen molar-refractivity contribution in [3.63, 3.8) is 0 Å². The fourth-order valence-corrected chi connectivity index (χ4v) is 3.66. The van der Waals surface area contributed by atoms with E-state index < -0.39 is 0 Å². The fraction of sp³-hybridized carbons (Fsp3) is 1.00. The summed E-state index contributed by atoms with van der Waals surface area (Å²) in [4.78, 5) is 2.80. The Morgan fingerprint density at radius 3 is 2.00 bits per heavy atom. The minimum absolute atomic E-state index is 0.487. The molecule has 0 bridgehead atoms. The minimum atomic E-state index is 0.487. The van der Waals surface area contributed by atoms with Crippen molar-refractivity contribution in [2.45, 2.75) is 82.8 Å². The van der Waals surface area contributed by atoms with E-state index in [2.05, 4.69) is 11.8 Å². The van der Waals surface area contributed by atoms with Crippen LogP contribution in [0.1, 0.15) is 64.7 Å². The topological polar surface area (TPSA) is 29.3 Å². The lowest BCUT2D eigenvalue weighted by atomic mass is 9.87. The van der Waals surface area contributed by atoms with E-state index in [-0.39, 0.29) is 0 Å². The third-order valence-electron chi connectivity index (χ3n) is 4.62. The molecule has 0 unspecified atom stereocenters. The van der Waals surface area contributed by atoms with Crippen molar-refractivity contribution in [2.24, 2.45) is 5.73 Å². The molecule has 0 heterocycles. The van der Waals surface area contributed by atoms with Crippen LogP contribution in [0.4, 0.5) is 0 Å². The molecular weight excluding hydrogens is 196 g/mol. The van der Waals surface area contributed by atoms with Crippen LogP contribution in [-0.4, -0.2) is 29.6 Å². The molecule has 2 nitrogen and oxygen atoms in total. The minimum Gasteiger partial charge on any atom is -0.328 e. The van der Waals surface area contributed by atoms with Gasteiger partial charge in [-0.25, -0.2) is 0 Å². The Balaban J connectivity index is 1.88. The maximum absolute atomic E-state index is 6.00. The molecule has 0 spiro atoms. The molecule has 2 fully saturated rings. The van der Waals surface area contributed by atoms with E-state index in [1.54, 1.807) is 0 Å². The van der Waals surface area contributed by atoms with E-state index >= 15 is 0 Å². The Labute approximate surface area is 101 Å². The summed E-state index contributed by atoms with van der Waals surface area (Å²) in [6.07, 6.45) is 12.4. The molecule has 0 aromatic rings. The second-order valence-electron chi connectivity index (χ2n) is 5.69. The quantitative estimate of drug-likeness (QED) is 0.798. The highest BCUT2D eigenvalue weighted by atomic mass is 15.2. The molecule has 2 N–H and O–H groups in total. The molecule has 0 saturated heterocycles. The van der Waals surface area contributed by atoms with Crippen molar-refractivity contribution in [2.75, 3.05) is 6.54 Å². The number of rotatable bonds is 3. The van der Waals surface area contributed by atoms with E-state index in [1.807, 2.05) is 0 Å². The lowest BCUT2D eigenvalue weighted by Crippen LogP contribution is -2.46. The second kappa shape index (κ2) is 6.02. The Hall–Kier alpha value is -0.0800. The van der Waals surface area contributed by atoms with Crippen LogP contribution in [0.3, 0.4) is 0 Å². The maximum atomic E-state index is 6.00. The van der Waals surface area contributed by atoms with Gasteiger partial charge in [0.05, 0.1) is 0 Å². The summed E-state index contributed by atoms with van der Waals surface area (Å²) in [6.45, 7) is 3.58. The average Bonchev–Trinajstić information content (AvgIpc) is 2.34. The zero-order valence-electron chi connectivity index (χ0n) is 10.8. The first kappa shape index (κ1) is 12.4. The summed E-state index contributed by atoms with van der Waals surface area (Å²) < 4.78 is 0. The first-order valence-corrected chi connectivity index (χ1v) is 7.32. The maximum Gasteiger partial charge on any atom is 0.00992 e. The van der Waals surface area contributed by atoms with Crippen LogP contribution in [0, 0.1) is 0 Å². The number of nitrogens with two attached hydrogens (primary N) is 1. The zero-order valence-corrected chi connectivity index (χ0v) is 10.8. The Kier molecular flexibility index (Phi) is 4.66. The molecule has 2 aliphatic carbocycles. The molecule has 16 heavy (non-hydrogen) atoms. The summed E-state index contributed by atoms with van der Waals surface area (Å²) >= 11 is 0. The van der Waals surface area contributed by atoms with E-state index in [9.17, 15) is 0 Å². The van der Waals surface area contributed by atoms with Crippen LogP contribution in [0.25, 0.3) is 0 Å². The molecule has 2 rings (SSSR count). The number of hydrogen-bond acceptors (Lipinski definition) is 2. The third-order valence-corrected chi connectivity index (χ3v) is 4.62. The summed E-state index contributed by atoms with van der Waals surface area (Å²) in [6, 6.07) is 2.22. The summed E-state index contributed by atoms with van der Waals surface area (Å²) in [5.41, 5.74) is 6.00. The van der Waals surface area contributed by atoms with Gasteiger partial charge in [-0.15, -0.1) is 0 Å². The van der Waals surface area contributed by atoms with Gasteiger partial charge in [0, 0.05) is 18.1 Å². The molecule has 0 aliphatic heterocycles. The van der Waals surface area contributed by atoms with Crippen LogP contribution in [0.2, 0.25) is 0 Å². The van der Waals surface area contributed by atoms with Crippen molar-refractivity contribution >= 4 is 0 Å². The molecule has 2 heteroatoms. The van der Waals surface area contributed by atoms with Gasteiger partial charge in [-0.2, -0.15) is 0 Å². The van der Waals surface area contributed by atoms with Gasteiger partial charge in [0.1, 0.15) is 0 Å². The molecule has 0 amide bonds. The lowest BCUT2D eigenvalue weighted by Gasteiger charge is -2.42. The van der Waals surface area contributed by atoms with Crippen LogP contribution in [0.5, 0.6) is 0 Å². The highest BCUT2D eigenvalue weighted by Crippen LogP contribution is 2.29. The molecule has 0 aromatic heterocycles. The van der Waals surface area contributed by atoms with Crippen molar-refractivity contribution in [1.82, 2.24) is 4.90 Å². The average molecular weight is 224 g/mol. The van der Waals surface area contributed by atoms with E-state index in [0.29, 0.717) is 6.04 Å². The van der Waals surface area contributed by atoms with Crippen molar-refractivity contribution in [1.29, 1.82) is 0 Å². The predicted octanol–water partition coefficient (Wildman–Crippen LogP) is 2.91. The van der Waals surface area contributed by atoms with Gasteiger partial charge in [0.2, 0.25) is 0 Å². The number of hydrogen-bond donors (Lipinski definition) is 1. The summed E-state index contributed by atoms with van der Waals surface area (Å²) in [5.74, 6) is 0. The highest BCUT2D eigenvalue weighted by molar-refractivity contribution is 4.85. The van der Waals surface area contributed by atoms with E-state index in [1.165, 1.54) is 64.3 Å². The van der Waals surface area contributed by atoms with E-state index in [4.69, 9.17) is 5.73 Å². The van der Waals surface area contributed by atoms with Gasteiger partial charge in [-0.05, 0) is 45.1 Å². The van der Waals surface area contributed by atoms with Gasteiger partial charge in [0.25, 0.3) is 0 Å². The molecule has 0 aromatic carbocycles. The molecule has 0 atom stereocenters. The smallest absolute Gasteiger partial charge is 0.00992 e. The van der Waals surface area contributed by atoms with Gasteiger partial charge in [-0.1, -0.05) is 26.2 Å². The Bertz CT molecular complexity index is 191. The van der Waals surface area contributed by atoms with Crippen LogP contribution >= 0.6 is 0 Å². The van der Waals surface area contributed by atoms with Crippen molar-refractivity contribution in [3.8, 4) is 0 Å². The largest absolute Gasteiger partial charge is 0.328 e. The molecule has 2 aliphatic rings. The molecule has 0 radical (unpaired) electrons. The van der Waals surface area contributed by atoms with Gasteiger partial charge in [-0.3, -0.25) is 4.90 Å². The standard InChI is InChI=1S/C14H28N2/c1-2-16(13-6-4-3-5-7-13)14-10-8-12(15)9-11-14/h12-14H,2-11,15H2,1H3. The fourth-order valence-electron chi connectivity index (χ4n) is 3.66. The first-order chi connectivity index (χ1) is 7.81. The van der Waals surface area contributed by atoms with Crippen LogP contribution in [-0.2, 0) is 0 Å². The van der Waals surface area contributed by atoms with Crippen molar-refractivity contribution < 1.29 is 0 Å².